The second kappa shape index (κ2) is 8.39. The highest BCUT2D eigenvalue weighted by atomic mass is 16.5. The van der Waals surface area contributed by atoms with Crippen LogP contribution in [0.25, 0.3) is 0 Å². The number of nitrogens with two attached hydrogens (primary N) is 1. The van der Waals surface area contributed by atoms with Crippen LogP contribution in [0.4, 0.5) is 5.69 Å². The van der Waals surface area contributed by atoms with Crippen molar-refractivity contribution in [2.45, 2.75) is 39.3 Å². The van der Waals surface area contributed by atoms with Crippen LogP contribution in [0.1, 0.15) is 27.2 Å². The Bertz CT molecular complexity index is 597. The molecule has 1 aromatic carbocycles. The van der Waals surface area contributed by atoms with Gasteiger partial charge in [-0.2, -0.15) is 0 Å². The Balaban J connectivity index is 1.93. The summed E-state index contributed by atoms with van der Waals surface area (Å²) in [6.45, 7) is 6.81. The molecular formula is C18H25N3O2. The molecule has 0 saturated carbocycles. The lowest BCUT2D eigenvalue weighted by atomic mass is 10.2. The average Bonchev–Trinajstić information content (AvgIpc) is 2.48. The van der Waals surface area contributed by atoms with Crippen molar-refractivity contribution >= 4 is 5.69 Å². The van der Waals surface area contributed by atoms with Gasteiger partial charge in [0.15, 0.2) is 0 Å². The minimum Gasteiger partial charge on any atom is -0.491 e. The molecule has 0 aliphatic carbocycles. The summed E-state index contributed by atoms with van der Waals surface area (Å²) >= 11 is 0. The predicted octanol–water partition coefficient (Wildman–Crippen LogP) is 3.81. The lowest BCUT2D eigenvalue weighted by molar-refractivity contribution is 0.241. The molecule has 0 bridgehead atoms. The lowest BCUT2D eigenvalue weighted by Gasteiger charge is -2.11. The smallest absolute Gasteiger partial charge is 0.219 e. The van der Waals surface area contributed by atoms with E-state index in [9.17, 15) is 0 Å². The third-order valence-electron chi connectivity index (χ3n) is 3.06. The lowest BCUT2D eigenvalue weighted by Crippen LogP contribution is -2.19. The van der Waals surface area contributed by atoms with Crippen LogP contribution in [0.5, 0.6) is 17.4 Å². The first kappa shape index (κ1) is 17.1. The van der Waals surface area contributed by atoms with E-state index in [0.29, 0.717) is 11.6 Å². The fourth-order valence-corrected chi connectivity index (χ4v) is 1.99. The summed E-state index contributed by atoms with van der Waals surface area (Å²) in [4.78, 5) is 4.31. The molecule has 0 fully saturated rings. The van der Waals surface area contributed by atoms with E-state index in [-0.39, 0.29) is 12.1 Å². The normalized spacial score (nSPS) is 12.0. The molecule has 2 rings (SSSR count). The maximum absolute atomic E-state index is 5.76. The molecule has 0 aliphatic rings. The van der Waals surface area contributed by atoms with Gasteiger partial charge in [-0.25, -0.2) is 4.98 Å². The molecule has 2 aromatic rings. The van der Waals surface area contributed by atoms with Crippen molar-refractivity contribution in [3.63, 3.8) is 0 Å². The third kappa shape index (κ3) is 6.16. The number of nitrogens with zero attached hydrogens (tertiary/aromatic N) is 1. The molecule has 1 heterocycles. The van der Waals surface area contributed by atoms with Gasteiger partial charge in [-0.15, -0.1) is 0 Å². The third-order valence-corrected chi connectivity index (χ3v) is 3.06. The minimum absolute atomic E-state index is 0.130. The molecule has 0 unspecified atom stereocenters. The number of anilines is 1. The molecule has 23 heavy (non-hydrogen) atoms. The quantitative estimate of drug-likeness (QED) is 0.775. The molecule has 0 spiro atoms. The number of ether oxygens (including phenoxy) is 2. The van der Waals surface area contributed by atoms with E-state index in [4.69, 9.17) is 15.2 Å². The zero-order valence-electron chi connectivity index (χ0n) is 14.0. The Morgan fingerprint density at radius 2 is 1.91 bits per heavy atom. The van der Waals surface area contributed by atoms with Gasteiger partial charge in [0.05, 0.1) is 18.0 Å². The molecule has 5 heteroatoms. The first-order valence-corrected chi connectivity index (χ1v) is 7.93. The van der Waals surface area contributed by atoms with Gasteiger partial charge in [-0.1, -0.05) is 6.07 Å². The van der Waals surface area contributed by atoms with Gasteiger partial charge in [0.25, 0.3) is 0 Å². The van der Waals surface area contributed by atoms with Gasteiger partial charge in [0.2, 0.25) is 5.88 Å². The zero-order chi connectivity index (χ0) is 16.7. The van der Waals surface area contributed by atoms with Crippen LogP contribution in [0.2, 0.25) is 0 Å². The van der Waals surface area contributed by atoms with Crippen LogP contribution in [0.3, 0.4) is 0 Å². The maximum atomic E-state index is 5.76. The monoisotopic (exact) mass is 315 g/mol. The minimum atomic E-state index is 0.130. The van der Waals surface area contributed by atoms with Gasteiger partial charge in [-0.05, 0) is 45.4 Å². The second-order valence-corrected chi connectivity index (χ2v) is 5.82. The predicted molar refractivity (Wildman–Crippen MR) is 93.3 cm³/mol. The first-order valence-electron chi connectivity index (χ1n) is 7.93. The fraction of sp³-hybridized carbons (Fsp3) is 0.389. The van der Waals surface area contributed by atoms with Gasteiger partial charge >= 0.3 is 0 Å². The summed E-state index contributed by atoms with van der Waals surface area (Å²) < 4.78 is 11.4. The Hall–Kier alpha value is -2.27. The number of pyridine rings is 1. The fourth-order valence-electron chi connectivity index (χ4n) is 1.99. The van der Waals surface area contributed by atoms with E-state index in [1.807, 2.05) is 57.2 Å². The number of hydrogen-bond acceptors (Lipinski definition) is 5. The Morgan fingerprint density at radius 1 is 1.13 bits per heavy atom. The molecule has 5 nitrogen and oxygen atoms in total. The summed E-state index contributed by atoms with van der Waals surface area (Å²) in [5.74, 6) is 2.03. The average molecular weight is 315 g/mol. The van der Waals surface area contributed by atoms with E-state index in [1.54, 1.807) is 6.20 Å². The maximum Gasteiger partial charge on any atom is 0.219 e. The molecule has 3 N–H and O–H groups in total. The summed E-state index contributed by atoms with van der Waals surface area (Å²) in [5, 5.41) is 3.28. The zero-order valence-corrected chi connectivity index (χ0v) is 14.0. The van der Waals surface area contributed by atoms with Gasteiger partial charge in [-0.3, -0.25) is 0 Å². The van der Waals surface area contributed by atoms with Crippen LogP contribution < -0.4 is 20.5 Å². The summed E-state index contributed by atoms with van der Waals surface area (Å²) in [5.41, 5.74) is 6.68. The molecule has 1 atom stereocenters. The van der Waals surface area contributed by atoms with Gasteiger partial charge in [0.1, 0.15) is 11.5 Å². The molecule has 0 radical (unpaired) electrons. The SMILES string of the molecule is CC(C)Oc1cccc(Oc2ccc(NCC[C@@H](C)N)cn2)c1. The first-order chi connectivity index (χ1) is 11.0. The second-order valence-electron chi connectivity index (χ2n) is 5.82. The summed E-state index contributed by atoms with van der Waals surface area (Å²) in [6.07, 6.45) is 2.80. The number of benzene rings is 1. The number of rotatable bonds is 8. The van der Waals surface area contributed by atoms with Crippen LogP contribution >= 0.6 is 0 Å². The Labute approximate surface area is 137 Å². The van der Waals surface area contributed by atoms with Crippen molar-refractivity contribution in [3.05, 3.63) is 42.6 Å². The van der Waals surface area contributed by atoms with Crippen LogP contribution in [-0.4, -0.2) is 23.7 Å². The van der Waals surface area contributed by atoms with Crippen LogP contribution in [-0.2, 0) is 0 Å². The van der Waals surface area contributed by atoms with Crippen molar-refractivity contribution in [1.29, 1.82) is 0 Å². The molecular weight excluding hydrogens is 290 g/mol. The van der Waals surface area contributed by atoms with Crippen LogP contribution in [0, 0.1) is 0 Å². The van der Waals surface area contributed by atoms with E-state index in [2.05, 4.69) is 10.3 Å². The summed E-state index contributed by atoms with van der Waals surface area (Å²) in [6, 6.07) is 11.5. The Morgan fingerprint density at radius 3 is 2.57 bits per heavy atom. The van der Waals surface area contributed by atoms with Gasteiger partial charge in [0, 0.05) is 24.7 Å². The number of nitrogens with one attached hydrogen (secondary N) is 1. The van der Waals surface area contributed by atoms with Crippen molar-refractivity contribution in [2.24, 2.45) is 5.73 Å². The van der Waals surface area contributed by atoms with E-state index < -0.39 is 0 Å². The van der Waals surface area contributed by atoms with E-state index in [1.165, 1.54) is 0 Å². The van der Waals surface area contributed by atoms with E-state index in [0.717, 1.165) is 24.4 Å². The van der Waals surface area contributed by atoms with Crippen molar-refractivity contribution in [1.82, 2.24) is 4.98 Å². The topological polar surface area (TPSA) is 69.4 Å². The highest BCUT2D eigenvalue weighted by Crippen LogP contribution is 2.25. The number of hydrogen-bond donors (Lipinski definition) is 2. The van der Waals surface area contributed by atoms with Crippen molar-refractivity contribution in [2.75, 3.05) is 11.9 Å². The van der Waals surface area contributed by atoms with Crippen LogP contribution in [0.15, 0.2) is 42.6 Å². The Kier molecular flexibility index (Phi) is 6.23. The molecule has 0 aliphatic heterocycles. The number of aromatic nitrogens is 1. The van der Waals surface area contributed by atoms with E-state index >= 15 is 0 Å². The van der Waals surface area contributed by atoms with Gasteiger partial charge < -0.3 is 20.5 Å². The largest absolute Gasteiger partial charge is 0.491 e. The molecule has 124 valence electrons. The molecule has 1 aromatic heterocycles. The molecule has 0 saturated heterocycles. The highest BCUT2D eigenvalue weighted by Gasteiger charge is 2.03. The summed E-state index contributed by atoms with van der Waals surface area (Å²) in [7, 11) is 0. The van der Waals surface area contributed by atoms with Crippen molar-refractivity contribution in [3.8, 4) is 17.4 Å². The highest BCUT2D eigenvalue weighted by molar-refractivity contribution is 5.43. The molecule has 0 amide bonds. The van der Waals surface area contributed by atoms with Crippen molar-refractivity contribution < 1.29 is 9.47 Å². The standard InChI is InChI=1S/C18H25N3O2/c1-13(2)22-16-5-4-6-17(11-16)23-18-8-7-15(12-21-18)20-10-9-14(3)19/h4-8,11-14,20H,9-10,19H2,1-3H3/t14-/m1/s1.